The van der Waals surface area contributed by atoms with Gasteiger partial charge in [0, 0.05) is 0 Å². The summed E-state index contributed by atoms with van der Waals surface area (Å²) >= 11 is 0. The van der Waals surface area contributed by atoms with Gasteiger partial charge in [-0.05, 0) is 6.92 Å². The van der Waals surface area contributed by atoms with E-state index in [4.69, 9.17) is 5.73 Å². The fourth-order valence-corrected chi connectivity index (χ4v) is 1.04. The molecule has 6 heteroatoms. The van der Waals surface area contributed by atoms with Crippen LogP contribution >= 0.6 is 0 Å². The minimum atomic E-state index is -0.318. The van der Waals surface area contributed by atoms with Crippen LogP contribution in [-0.2, 0) is 0 Å². The highest BCUT2D eigenvalue weighted by atomic mass is 16.1. The minimum Gasteiger partial charge on any atom is -0.369 e. The van der Waals surface area contributed by atoms with Crippen molar-refractivity contribution >= 4 is 17.0 Å². The number of nitrogens with one attached hydrogen (secondary N) is 2. The largest absolute Gasteiger partial charge is 0.369 e. The van der Waals surface area contributed by atoms with Crippen molar-refractivity contribution in [2.45, 2.75) is 20.8 Å². The molecule has 2 aromatic rings. The van der Waals surface area contributed by atoms with Crippen molar-refractivity contribution in [2.75, 3.05) is 5.73 Å². The van der Waals surface area contributed by atoms with Crippen LogP contribution in [0, 0.1) is 6.92 Å². The second kappa shape index (κ2) is 3.91. The Morgan fingerprint density at radius 1 is 1.29 bits per heavy atom. The van der Waals surface area contributed by atoms with E-state index in [0.717, 1.165) is 5.69 Å². The standard InChI is InChI=1S/C6H7N5O.C2H6/c1-2-3-4(11-10-2)5(12)9-6(7)8-3;1-2/h1H3,(H,10,11)(H3,7,8,9,12);1-2H3. The van der Waals surface area contributed by atoms with Crippen LogP contribution in [0.3, 0.4) is 0 Å². The first-order valence-corrected chi connectivity index (χ1v) is 4.39. The van der Waals surface area contributed by atoms with Crippen molar-refractivity contribution in [3.63, 3.8) is 0 Å². The molecular weight excluding hydrogens is 182 g/mol. The van der Waals surface area contributed by atoms with Crippen molar-refractivity contribution in [1.29, 1.82) is 0 Å². The first-order valence-electron chi connectivity index (χ1n) is 4.39. The van der Waals surface area contributed by atoms with E-state index in [-0.39, 0.29) is 11.5 Å². The van der Waals surface area contributed by atoms with Crippen LogP contribution < -0.4 is 11.3 Å². The molecule has 6 nitrogen and oxygen atoms in total. The highest BCUT2D eigenvalue weighted by Gasteiger charge is 2.06. The molecule has 76 valence electrons. The van der Waals surface area contributed by atoms with E-state index in [1.165, 1.54) is 0 Å². The van der Waals surface area contributed by atoms with E-state index >= 15 is 0 Å². The Kier molecular flexibility index (Phi) is 2.85. The molecule has 0 atom stereocenters. The molecule has 0 saturated heterocycles. The molecule has 2 heterocycles. The van der Waals surface area contributed by atoms with Gasteiger partial charge in [0.2, 0.25) is 5.95 Å². The van der Waals surface area contributed by atoms with Crippen LogP contribution in [0.4, 0.5) is 5.95 Å². The van der Waals surface area contributed by atoms with Crippen molar-refractivity contribution in [3.05, 3.63) is 16.0 Å². The Morgan fingerprint density at radius 2 is 1.93 bits per heavy atom. The SMILES string of the molecule is CC.Cc1[nH]nc2c(=O)[nH]c(N)nc12. The van der Waals surface area contributed by atoms with Crippen molar-refractivity contribution in [1.82, 2.24) is 20.2 Å². The third-order valence-corrected chi connectivity index (χ3v) is 1.60. The van der Waals surface area contributed by atoms with E-state index in [9.17, 15) is 4.79 Å². The number of aromatic nitrogens is 4. The van der Waals surface area contributed by atoms with Gasteiger partial charge in [-0.1, -0.05) is 13.8 Å². The summed E-state index contributed by atoms with van der Waals surface area (Å²) in [7, 11) is 0. The van der Waals surface area contributed by atoms with Gasteiger partial charge in [-0.25, -0.2) is 4.98 Å². The topological polar surface area (TPSA) is 100 Å². The number of nitrogen functional groups attached to an aromatic ring is 1. The highest BCUT2D eigenvalue weighted by Crippen LogP contribution is 2.07. The maximum absolute atomic E-state index is 11.2. The zero-order chi connectivity index (χ0) is 10.7. The second-order valence-electron chi connectivity index (χ2n) is 2.50. The molecule has 0 saturated carbocycles. The number of nitrogens with two attached hydrogens (primary N) is 1. The smallest absolute Gasteiger partial charge is 0.280 e. The number of fused-ring (bicyclic) bond motifs is 1. The Morgan fingerprint density at radius 3 is 2.57 bits per heavy atom. The van der Waals surface area contributed by atoms with Gasteiger partial charge in [-0.3, -0.25) is 14.9 Å². The summed E-state index contributed by atoms with van der Waals surface area (Å²) in [4.78, 5) is 17.4. The first-order chi connectivity index (χ1) is 6.68. The van der Waals surface area contributed by atoms with Crippen molar-refractivity contribution in [2.24, 2.45) is 0 Å². The molecule has 0 spiro atoms. The molecule has 0 aliphatic rings. The molecule has 0 radical (unpaired) electrons. The lowest BCUT2D eigenvalue weighted by molar-refractivity contribution is 1.06. The zero-order valence-corrected chi connectivity index (χ0v) is 8.38. The summed E-state index contributed by atoms with van der Waals surface area (Å²) < 4.78 is 0. The Balaban J connectivity index is 0.000000461. The maximum Gasteiger partial charge on any atom is 0.280 e. The van der Waals surface area contributed by atoms with E-state index in [1.807, 2.05) is 13.8 Å². The van der Waals surface area contributed by atoms with Gasteiger partial charge < -0.3 is 5.73 Å². The molecule has 14 heavy (non-hydrogen) atoms. The number of rotatable bonds is 0. The third kappa shape index (κ3) is 1.59. The van der Waals surface area contributed by atoms with E-state index in [0.29, 0.717) is 11.0 Å². The fraction of sp³-hybridized carbons (Fsp3) is 0.375. The van der Waals surface area contributed by atoms with Crippen molar-refractivity contribution in [3.8, 4) is 0 Å². The van der Waals surface area contributed by atoms with Crippen LogP contribution in [0.1, 0.15) is 19.5 Å². The van der Waals surface area contributed by atoms with Gasteiger partial charge in [0.25, 0.3) is 5.56 Å². The quantitative estimate of drug-likeness (QED) is 0.571. The molecule has 0 aliphatic carbocycles. The zero-order valence-electron chi connectivity index (χ0n) is 8.38. The average Bonchev–Trinajstić information content (AvgIpc) is 2.52. The fourth-order valence-electron chi connectivity index (χ4n) is 1.04. The lowest BCUT2D eigenvalue weighted by Crippen LogP contribution is -2.10. The van der Waals surface area contributed by atoms with Gasteiger partial charge in [-0.2, -0.15) is 5.10 Å². The summed E-state index contributed by atoms with van der Waals surface area (Å²) in [6.07, 6.45) is 0. The molecule has 0 aromatic carbocycles. The first kappa shape index (κ1) is 10.2. The predicted octanol–water partition coefficient (Wildman–Crippen LogP) is 0.563. The molecule has 0 amide bonds. The predicted molar refractivity (Wildman–Crippen MR) is 55.0 cm³/mol. The average molecular weight is 195 g/mol. The van der Waals surface area contributed by atoms with E-state index in [1.54, 1.807) is 6.92 Å². The molecule has 4 N–H and O–H groups in total. The van der Waals surface area contributed by atoms with Gasteiger partial charge in [0.05, 0.1) is 5.69 Å². The number of hydrogen-bond donors (Lipinski definition) is 3. The monoisotopic (exact) mass is 195 g/mol. The van der Waals surface area contributed by atoms with E-state index in [2.05, 4.69) is 20.2 Å². The Hall–Kier alpha value is -1.85. The van der Waals surface area contributed by atoms with Crippen molar-refractivity contribution < 1.29 is 0 Å². The molecule has 2 aromatic heterocycles. The summed E-state index contributed by atoms with van der Waals surface area (Å²) in [5.74, 6) is 0.108. The van der Waals surface area contributed by atoms with Gasteiger partial charge >= 0.3 is 0 Å². The summed E-state index contributed by atoms with van der Waals surface area (Å²) in [6.45, 7) is 5.78. The second-order valence-corrected chi connectivity index (χ2v) is 2.50. The number of nitrogens with zero attached hydrogens (tertiary/aromatic N) is 2. The lowest BCUT2D eigenvalue weighted by atomic mass is 10.4. The summed E-state index contributed by atoms with van der Waals surface area (Å²) in [5.41, 5.74) is 6.58. The molecule has 2 rings (SSSR count). The van der Waals surface area contributed by atoms with Crippen LogP contribution in [0.5, 0.6) is 0 Å². The van der Waals surface area contributed by atoms with Gasteiger partial charge in [0.1, 0.15) is 5.52 Å². The lowest BCUT2D eigenvalue weighted by Gasteiger charge is -1.90. The van der Waals surface area contributed by atoms with Gasteiger partial charge in [0.15, 0.2) is 5.52 Å². The minimum absolute atomic E-state index is 0.108. The van der Waals surface area contributed by atoms with Crippen LogP contribution in [-0.4, -0.2) is 20.2 Å². The van der Waals surface area contributed by atoms with E-state index < -0.39 is 0 Å². The Bertz CT molecular complexity index is 484. The Labute approximate surface area is 80.6 Å². The number of aromatic amines is 2. The van der Waals surface area contributed by atoms with Gasteiger partial charge in [-0.15, -0.1) is 0 Å². The normalized spacial score (nSPS) is 9.64. The van der Waals surface area contributed by atoms with Crippen LogP contribution in [0.25, 0.3) is 11.0 Å². The molecular formula is C8H13N5O. The number of aryl methyl sites for hydroxylation is 1. The molecule has 0 aliphatic heterocycles. The van der Waals surface area contributed by atoms with Crippen LogP contribution in [0.2, 0.25) is 0 Å². The molecule has 0 bridgehead atoms. The number of H-pyrrole nitrogens is 2. The molecule has 0 unspecified atom stereocenters. The summed E-state index contributed by atoms with van der Waals surface area (Å²) in [6, 6.07) is 0. The summed E-state index contributed by atoms with van der Waals surface area (Å²) in [5, 5.41) is 6.43. The third-order valence-electron chi connectivity index (χ3n) is 1.60. The number of anilines is 1. The maximum atomic E-state index is 11.2. The highest BCUT2D eigenvalue weighted by molar-refractivity contribution is 5.76. The number of hydrogen-bond acceptors (Lipinski definition) is 4. The molecule has 0 fully saturated rings. The van der Waals surface area contributed by atoms with Crippen LogP contribution in [0.15, 0.2) is 4.79 Å².